The molecule has 5 nitrogen and oxygen atoms in total. The number of para-hydroxylation sites is 1. The predicted molar refractivity (Wildman–Crippen MR) is 94.4 cm³/mol. The molecular weight excluding hydrogens is 314 g/mol. The van der Waals surface area contributed by atoms with Crippen LogP contribution < -0.4 is 5.56 Å². The number of amides is 1. The Hall–Kier alpha value is -2.95. The summed E-state index contributed by atoms with van der Waals surface area (Å²) in [5.41, 5.74) is 2.84. The first-order valence-corrected chi connectivity index (χ1v) is 8.56. The van der Waals surface area contributed by atoms with Gasteiger partial charge in [0.1, 0.15) is 17.9 Å². The number of hydrogen-bond donors (Lipinski definition) is 0. The molecule has 3 aromatic rings. The monoisotopic (exact) mass is 331 g/mol. The number of rotatable bonds is 0. The highest BCUT2D eigenvalue weighted by Crippen LogP contribution is 2.39. The zero-order valence-corrected chi connectivity index (χ0v) is 13.8. The van der Waals surface area contributed by atoms with Crippen molar-refractivity contribution in [2.24, 2.45) is 0 Å². The Labute approximate surface area is 144 Å². The number of fused-ring (bicyclic) bond motifs is 6. The number of nitrogens with zero attached hydrogens (tertiary/aromatic N) is 3. The summed E-state index contributed by atoms with van der Waals surface area (Å²) >= 11 is 0. The molecular formula is C20H17N3O2. The van der Waals surface area contributed by atoms with Crippen LogP contribution in [0.15, 0.2) is 53.3 Å². The summed E-state index contributed by atoms with van der Waals surface area (Å²) in [5, 5.41) is 0.559. The van der Waals surface area contributed by atoms with Crippen molar-refractivity contribution in [2.75, 3.05) is 6.54 Å². The Morgan fingerprint density at radius 3 is 2.68 bits per heavy atom. The van der Waals surface area contributed by atoms with E-state index in [1.165, 1.54) is 5.56 Å². The Balaban J connectivity index is 1.88. The van der Waals surface area contributed by atoms with Crippen molar-refractivity contribution in [3.8, 4) is 0 Å². The van der Waals surface area contributed by atoms with E-state index in [1.54, 1.807) is 17.6 Å². The van der Waals surface area contributed by atoms with E-state index in [1.807, 2.05) is 41.3 Å². The fraction of sp³-hybridized carbons (Fsp3) is 0.250. The Bertz CT molecular complexity index is 1090. The fourth-order valence-corrected chi connectivity index (χ4v) is 4.16. The van der Waals surface area contributed by atoms with Crippen molar-refractivity contribution in [2.45, 2.75) is 25.4 Å². The van der Waals surface area contributed by atoms with Crippen LogP contribution in [0.1, 0.15) is 36.0 Å². The van der Waals surface area contributed by atoms with Crippen molar-refractivity contribution in [3.05, 3.63) is 75.8 Å². The zero-order chi connectivity index (χ0) is 17.1. The highest BCUT2D eigenvalue weighted by atomic mass is 16.2. The molecule has 0 fully saturated rings. The second-order valence-corrected chi connectivity index (χ2v) is 6.72. The van der Waals surface area contributed by atoms with Crippen LogP contribution in [0.4, 0.5) is 0 Å². The largest absolute Gasteiger partial charge is 0.326 e. The minimum absolute atomic E-state index is 0.00816. The maximum atomic E-state index is 13.1. The molecule has 2 aromatic carbocycles. The summed E-state index contributed by atoms with van der Waals surface area (Å²) in [6, 6.07) is 14.7. The van der Waals surface area contributed by atoms with Gasteiger partial charge in [0.25, 0.3) is 5.56 Å². The lowest BCUT2D eigenvalue weighted by Gasteiger charge is -2.43. The highest BCUT2D eigenvalue weighted by Gasteiger charge is 2.42. The van der Waals surface area contributed by atoms with Crippen molar-refractivity contribution >= 4 is 16.8 Å². The van der Waals surface area contributed by atoms with E-state index in [0.717, 1.165) is 12.0 Å². The number of carbonyl (C=O) groups excluding carboxylic acids is 1. The van der Waals surface area contributed by atoms with Gasteiger partial charge in [0, 0.05) is 6.54 Å². The molecule has 0 bridgehead atoms. The number of hydrogen-bond acceptors (Lipinski definition) is 3. The third-order valence-corrected chi connectivity index (χ3v) is 5.39. The van der Waals surface area contributed by atoms with Crippen LogP contribution in [0, 0.1) is 0 Å². The van der Waals surface area contributed by atoms with E-state index in [0.29, 0.717) is 23.3 Å². The highest BCUT2D eigenvalue weighted by molar-refractivity contribution is 5.84. The second kappa shape index (κ2) is 5.02. The molecule has 0 aliphatic carbocycles. The maximum Gasteiger partial charge on any atom is 0.262 e. The molecule has 0 radical (unpaired) electrons. The van der Waals surface area contributed by atoms with Crippen LogP contribution in [0.5, 0.6) is 0 Å². The quantitative estimate of drug-likeness (QED) is 0.636. The SMILES string of the molecule is C[C@H]1C(=O)N2CCc3ccccc3[C@H]2c2nc3ccccc3c(=O)n21. The molecule has 0 saturated heterocycles. The molecule has 2 atom stereocenters. The van der Waals surface area contributed by atoms with Crippen LogP contribution in [0.25, 0.3) is 10.9 Å². The van der Waals surface area contributed by atoms with Gasteiger partial charge >= 0.3 is 0 Å². The molecule has 2 aliphatic heterocycles. The van der Waals surface area contributed by atoms with Gasteiger partial charge in [0.2, 0.25) is 5.91 Å². The van der Waals surface area contributed by atoms with Gasteiger partial charge in [-0.2, -0.15) is 0 Å². The Kier molecular flexibility index (Phi) is 2.89. The van der Waals surface area contributed by atoms with Gasteiger partial charge in [0.15, 0.2) is 0 Å². The zero-order valence-electron chi connectivity index (χ0n) is 13.8. The van der Waals surface area contributed by atoms with E-state index in [4.69, 9.17) is 4.98 Å². The third kappa shape index (κ3) is 1.86. The number of benzene rings is 2. The smallest absolute Gasteiger partial charge is 0.262 e. The molecule has 0 spiro atoms. The van der Waals surface area contributed by atoms with E-state index in [-0.39, 0.29) is 17.5 Å². The lowest BCUT2D eigenvalue weighted by Crippen LogP contribution is -2.51. The molecule has 0 unspecified atom stereocenters. The molecule has 1 aromatic heterocycles. The van der Waals surface area contributed by atoms with Gasteiger partial charge in [-0.1, -0.05) is 36.4 Å². The lowest BCUT2D eigenvalue weighted by atomic mass is 9.89. The predicted octanol–water partition coefficient (Wildman–Crippen LogP) is 2.45. The summed E-state index contributed by atoms with van der Waals surface area (Å²) in [5.74, 6) is 0.661. The van der Waals surface area contributed by atoms with Gasteiger partial charge in [-0.05, 0) is 36.6 Å². The van der Waals surface area contributed by atoms with E-state index in [9.17, 15) is 9.59 Å². The topological polar surface area (TPSA) is 55.2 Å². The maximum absolute atomic E-state index is 13.1. The summed E-state index contributed by atoms with van der Waals surface area (Å²) in [7, 11) is 0. The molecule has 2 aliphatic rings. The third-order valence-electron chi connectivity index (χ3n) is 5.39. The van der Waals surface area contributed by atoms with Gasteiger partial charge < -0.3 is 4.90 Å². The lowest BCUT2D eigenvalue weighted by molar-refractivity contribution is -0.139. The first kappa shape index (κ1) is 14.4. The molecule has 5 heteroatoms. The first-order chi connectivity index (χ1) is 12.2. The Morgan fingerprint density at radius 2 is 1.80 bits per heavy atom. The average Bonchev–Trinajstić information content (AvgIpc) is 2.65. The van der Waals surface area contributed by atoms with Gasteiger partial charge in [-0.3, -0.25) is 14.2 Å². The van der Waals surface area contributed by atoms with Gasteiger partial charge in [0.05, 0.1) is 10.9 Å². The second-order valence-electron chi connectivity index (χ2n) is 6.72. The van der Waals surface area contributed by atoms with Crippen LogP contribution in [0.2, 0.25) is 0 Å². The van der Waals surface area contributed by atoms with Crippen molar-refractivity contribution < 1.29 is 4.79 Å². The van der Waals surface area contributed by atoms with Crippen LogP contribution >= 0.6 is 0 Å². The van der Waals surface area contributed by atoms with Gasteiger partial charge in [-0.15, -0.1) is 0 Å². The Morgan fingerprint density at radius 1 is 1.04 bits per heavy atom. The molecule has 25 heavy (non-hydrogen) atoms. The molecule has 0 saturated carbocycles. The minimum Gasteiger partial charge on any atom is -0.326 e. The van der Waals surface area contributed by atoms with E-state index < -0.39 is 6.04 Å². The molecule has 1 amide bonds. The standard InChI is InChI=1S/C20H17N3O2/c1-12-19(24)22-11-10-13-6-2-3-7-14(13)17(22)18-21-16-9-5-4-8-15(16)20(25)23(12)18/h2-9,12,17H,10-11H2,1H3/t12-,17-/m0/s1. The van der Waals surface area contributed by atoms with Crippen LogP contribution in [-0.4, -0.2) is 26.9 Å². The summed E-state index contributed by atoms with van der Waals surface area (Å²) < 4.78 is 1.59. The van der Waals surface area contributed by atoms with Crippen molar-refractivity contribution in [1.29, 1.82) is 0 Å². The van der Waals surface area contributed by atoms with Crippen LogP contribution in [0.3, 0.4) is 0 Å². The average molecular weight is 331 g/mol. The molecule has 124 valence electrons. The number of carbonyl (C=O) groups is 1. The van der Waals surface area contributed by atoms with Gasteiger partial charge in [-0.25, -0.2) is 4.98 Å². The fourth-order valence-electron chi connectivity index (χ4n) is 4.16. The van der Waals surface area contributed by atoms with E-state index in [2.05, 4.69) is 6.07 Å². The first-order valence-electron chi connectivity index (χ1n) is 8.56. The summed E-state index contributed by atoms with van der Waals surface area (Å²) in [6.07, 6.45) is 0.836. The van der Waals surface area contributed by atoms with Crippen LogP contribution in [-0.2, 0) is 11.2 Å². The van der Waals surface area contributed by atoms with E-state index >= 15 is 0 Å². The molecule has 0 N–H and O–H groups in total. The van der Waals surface area contributed by atoms with Crippen molar-refractivity contribution in [3.63, 3.8) is 0 Å². The normalized spacial score (nSPS) is 21.6. The molecule has 5 rings (SSSR count). The summed E-state index contributed by atoms with van der Waals surface area (Å²) in [4.78, 5) is 32.7. The number of aromatic nitrogens is 2. The minimum atomic E-state index is -0.527. The van der Waals surface area contributed by atoms with Crippen molar-refractivity contribution in [1.82, 2.24) is 14.5 Å². The summed E-state index contributed by atoms with van der Waals surface area (Å²) in [6.45, 7) is 2.45. The molecule has 3 heterocycles.